The lowest BCUT2D eigenvalue weighted by molar-refractivity contribution is -0.159. The van der Waals surface area contributed by atoms with Crippen LogP contribution in [-0.2, 0) is 4.74 Å². The second kappa shape index (κ2) is 6.35. The first-order chi connectivity index (χ1) is 9.54. The van der Waals surface area contributed by atoms with Gasteiger partial charge in [0.05, 0.1) is 11.7 Å². The molecule has 0 bridgehead atoms. The molecule has 1 aliphatic carbocycles. The van der Waals surface area contributed by atoms with Gasteiger partial charge in [-0.15, -0.1) is 0 Å². The van der Waals surface area contributed by atoms with Crippen molar-refractivity contribution in [2.45, 2.75) is 44.2 Å². The van der Waals surface area contributed by atoms with Crippen LogP contribution in [0, 0.1) is 5.92 Å². The molecule has 0 radical (unpaired) electrons. The summed E-state index contributed by atoms with van der Waals surface area (Å²) in [7, 11) is 0. The molecule has 20 heavy (non-hydrogen) atoms. The molecule has 1 aromatic rings. The molecule has 5 nitrogen and oxygen atoms in total. The number of aliphatic hydroxyl groups excluding tert-OH is 3. The van der Waals surface area contributed by atoms with E-state index in [-0.39, 0.29) is 5.92 Å². The summed E-state index contributed by atoms with van der Waals surface area (Å²) in [5.74, 6) is -0.727. The van der Waals surface area contributed by atoms with Crippen LogP contribution in [0.5, 0.6) is 0 Å². The van der Waals surface area contributed by atoms with Crippen molar-refractivity contribution < 1.29 is 24.9 Å². The van der Waals surface area contributed by atoms with Gasteiger partial charge in [0.1, 0.15) is 18.3 Å². The minimum Gasteiger partial charge on any atom is -0.456 e. The third-order valence-corrected chi connectivity index (χ3v) is 3.89. The lowest BCUT2D eigenvalue weighted by Crippen LogP contribution is -2.54. The topological polar surface area (TPSA) is 87.0 Å². The number of esters is 1. The molecule has 0 aliphatic heterocycles. The highest BCUT2D eigenvalue weighted by Crippen LogP contribution is 2.30. The molecule has 3 N–H and O–H groups in total. The molecule has 0 saturated heterocycles. The lowest BCUT2D eigenvalue weighted by Gasteiger charge is -2.39. The summed E-state index contributed by atoms with van der Waals surface area (Å²) in [6, 6.07) is 8.49. The molecule has 0 spiro atoms. The first-order valence-electron chi connectivity index (χ1n) is 6.84. The Bertz CT molecular complexity index is 445. The summed E-state index contributed by atoms with van der Waals surface area (Å²) in [6.45, 7) is 1.88. The number of carbonyl (C=O) groups excluding carboxylic acids is 1. The van der Waals surface area contributed by atoms with E-state index in [1.54, 1.807) is 30.3 Å². The maximum atomic E-state index is 12.0. The van der Waals surface area contributed by atoms with Crippen molar-refractivity contribution in [1.82, 2.24) is 0 Å². The third-order valence-electron chi connectivity index (χ3n) is 3.89. The van der Waals surface area contributed by atoms with Crippen molar-refractivity contribution in [2.75, 3.05) is 0 Å². The highest BCUT2D eigenvalue weighted by Gasteiger charge is 2.43. The van der Waals surface area contributed by atoms with E-state index in [9.17, 15) is 20.1 Å². The highest BCUT2D eigenvalue weighted by molar-refractivity contribution is 5.89. The Balaban J connectivity index is 2.06. The van der Waals surface area contributed by atoms with Gasteiger partial charge in [-0.3, -0.25) is 0 Å². The quantitative estimate of drug-likeness (QED) is 0.710. The highest BCUT2D eigenvalue weighted by atomic mass is 16.6. The predicted molar refractivity (Wildman–Crippen MR) is 72.1 cm³/mol. The van der Waals surface area contributed by atoms with Crippen molar-refractivity contribution >= 4 is 5.97 Å². The lowest BCUT2D eigenvalue weighted by atomic mass is 9.79. The summed E-state index contributed by atoms with van der Waals surface area (Å²) in [6.07, 6.45) is -3.35. The molecule has 1 aliphatic rings. The fourth-order valence-corrected chi connectivity index (χ4v) is 2.58. The van der Waals surface area contributed by atoms with Crippen molar-refractivity contribution in [3.63, 3.8) is 0 Å². The SMILES string of the molecule is CCC1CC(OC(=O)c2ccccc2)C(O)C(O)C1O. The molecule has 1 aromatic carbocycles. The van der Waals surface area contributed by atoms with E-state index in [1.165, 1.54) is 0 Å². The first-order valence-corrected chi connectivity index (χ1v) is 6.84. The van der Waals surface area contributed by atoms with Crippen molar-refractivity contribution in [1.29, 1.82) is 0 Å². The van der Waals surface area contributed by atoms with E-state index >= 15 is 0 Å². The van der Waals surface area contributed by atoms with E-state index in [0.29, 0.717) is 18.4 Å². The third kappa shape index (κ3) is 3.00. The van der Waals surface area contributed by atoms with Gasteiger partial charge in [0.2, 0.25) is 0 Å². The molecule has 0 aromatic heterocycles. The summed E-state index contributed by atoms with van der Waals surface area (Å²) in [4.78, 5) is 12.0. The molecule has 5 heteroatoms. The van der Waals surface area contributed by atoms with Gasteiger partial charge in [0, 0.05) is 0 Å². The van der Waals surface area contributed by atoms with Crippen LogP contribution in [0.2, 0.25) is 0 Å². The molecule has 0 heterocycles. The van der Waals surface area contributed by atoms with E-state index in [1.807, 2.05) is 6.92 Å². The Hall–Kier alpha value is -1.43. The Morgan fingerprint density at radius 2 is 1.80 bits per heavy atom. The zero-order chi connectivity index (χ0) is 14.7. The molecule has 5 atom stereocenters. The van der Waals surface area contributed by atoms with Crippen molar-refractivity contribution in [3.8, 4) is 0 Å². The Labute approximate surface area is 117 Å². The maximum Gasteiger partial charge on any atom is 0.338 e. The molecule has 1 saturated carbocycles. The standard InChI is InChI=1S/C15H20O5/c1-2-9-8-11(13(17)14(18)12(9)16)20-15(19)10-6-4-3-5-7-10/h3-7,9,11-14,16-18H,2,8H2,1H3. The van der Waals surface area contributed by atoms with Crippen molar-refractivity contribution in [3.05, 3.63) is 35.9 Å². The van der Waals surface area contributed by atoms with Crippen LogP contribution in [0.3, 0.4) is 0 Å². The summed E-state index contributed by atoms with van der Waals surface area (Å²) < 4.78 is 5.28. The zero-order valence-corrected chi connectivity index (χ0v) is 11.3. The summed E-state index contributed by atoms with van der Waals surface area (Å²) in [5.41, 5.74) is 0.397. The predicted octanol–water partition coefficient (Wildman–Crippen LogP) is 0.725. The van der Waals surface area contributed by atoms with Crippen LogP contribution >= 0.6 is 0 Å². The fourth-order valence-electron chi connectivity index (χ4n) is 2.58. The normalized spacial score (nSPS) is 33.7. The van der Waals surface area contributed by atoms with Crippen LogP contribution in [-0.4, -0.2) is 45.7 Å². The number of hydrogen-bond donors (Lipinski definition) is 3. The zero-order valence-electron chi connectivity index (χ0n) is 11.3. The van der Waals surface area contributed by atoms with E-state index in [2.05, 4.69) is 0 Å². The number of ether oxygens (including phenoxy) is 1. The van der Waals surface area contributed by atoms with Crippen LogP contribution in [0.15, 0.2) is 30.3 Å². The Kier molecular flexibility index (Phi) is 4.75. The number of hydrogen-bond acceptors (Lipinski definition) is 5. The molecular weight excluding hydrogens is 260 g/mol. The second-order valence-electron chi connectivity index (χ2n) is 5.19. The van der Waals surface area contributed by atoms with Crippen LogP contribution in [0.4, 0.5) is 0 Å². The van der Waals surface area contributed by atoms with Crippen LogP contribution in [0.1, 0.15) is 30.1 Å². The molecule has 2 rings (SSSR count). The van der Waals surface area contributed by atoms with E-state index < -0.39 is 30.4 Å². The number of benzene rings is 1. The van der Waals surface area contributed by atoms with Gasteiger partial charge < -0.3 is 20.1 Å². The first kappa shape index (κ1) is 15.0. The van der Waals surface area contributed by atoms with E-state index in [0.717, 1.165) is 0 Å². The number of rotatable bonds is 3. The molecule has 1 fully saturated rings. The minimum atomic E-state index is -1.29. The Morgan fingerprint density at radius 1 is 1.15 bits per heavy atom. The van der Waals surface area contributed by atoms with E-state index in [4.69, 9.17) is 4.74 Å². The summed E-state index contributed by atoms with van der Waals surface area (Å²) in [5, 5.41) is 29.6. The monoisotopic (exact) mass is 280 g/mol. The van der Waals surface area contributed by atoms with Crippen LogP contribution < -0.4 is 0 Å². The molecule has 0 amide bonds. The molecule has 110 valence electrons. The number of carbonyl (C=O) groups is 1. The largest absolute Gasteiger partial charge is 0.456 e. The van der Waals surface area contributed by atoms with Gasteiger partial charge in [0.15, 0.2) is 0 Å². The molecule has 5 unspecified atom stereocenters. The second-order valence-corrected chi connectivity index (χ2v) is 5.19. The van der Waals surface area contributed by atoms with Gasteiger partial charge in [-0.05, 0) is 24.5 Å². The van der Waals surface area contributed by atoms with Crippen molar-refractivity contribution in [2.24, 2.45) is 5.92 Å². The number of aliphatic hydroxyl groups is 3. The van der Waals surface area contributed by atoms with Gasteiger partial charge in [0.25, 0.3) is 0 Å². The minimum absolute atomic E-state index is 0.193. The van der Waals surface area contributed by atoms with Crippen LogP contribution in [0.25, 0.3) is 0 Å². The van der Waals surface area contributed by atoms with Gasteiger partial charge in [-0.2, -0.15) is 0 Å². The average Bonchev–Trinajstić information content (AvgIpc) is 2.48. The summed E-state index contributed by atoms with van der Waals surface area (Å²) >= 11 is 0. The fraction of sp³-hybridized carbons (Fsp3) is 0.533. The van der Waals surface area contributed by atoms with Gasteiger partial charge in [-0.1, -0.05) is 31.5 Å². The van der Waals surface area contributed by atoms with Gasteiger partial charge >= 0.3 is 5.97 Å². The van der Waals surface area contributed by atoms with Gasteiger partial charge in [-0.25, -0.2) is 4.79 Å². The maximum absolute atomic E-state index is 12.0. The average molecular weight is 280 g/mol. The molecular formula is C15H20O5. The smallest absolute Gasteiger partial charge is 0.338 e. The Morgan fingerprint density at radius 3 is 2.40 bits per heavy atom.